The van der Waals surface area contributed by atoms with Gasteiger partial charge in [0.2, 0.25) is 0 Å². The molecule has 0 aliphatic carbocycles. The molecule has 3 nitrogen and oxygen atoms in total. The maximum atomic E-state index is 12.4. The van der Waals surface area contributed by atoms with Gasteiger partial charge in [0.25, 0.3) is 0 Å². The number of nitrogens with one attached hydrogen (secondary N) is 1. The van der Waals surface area contributed by atoms with Crippen LogP contribution >= 0.6 is 11.3 Å². The first-order valence-corrected chi connectivity index (χ1v) is 6.66. The van der Waals surface area contributed by atoms with Crippen molar-refractivity contribution in [2.24, 2.45) is 0 Å². The van der Waals surface area contributed by atoms with Crippen molar-refractivity contribution in [1.29, 1.82) is 0 Å². The number of alkyl halides is 3. The highest BCUT2D eigenvalue weighted by atomic mass is 32.1. The molecule has 1 atom stereocenters. The number of hydrogen-bond donors (Lipinski definition) is 1. The zero-order valence-corrected chi connectivity index (χ0v) is 11.7. The number of hydrogen-bond acceptors (Lipinski definition) is 4. The van der Waals surface area contributed by atoms with E-state index in [9.17, 15) is 13.2 Å². The van der Waals surface area contributed by atoms with E-state index in [4.69, 9.17) is 0 Å². The SMILES string of the molecule is CNC(c1cnc(C)s1)c1ccccc1OC(F)(F)F. The van der Waals surface area contributed by atoms with Crippen LogP contribution in [0.3, 0.4) is 0 Å². The Morgan fingerprint density at radius 2 is 2.00 bits per heavy atom. The molecule has 20 heavy (non-hydrogen) atoms. The second-order valence-corrected chi connectivity index (χ2v) is 5.36. The number of ether oxygens (including phenoxy) is 1. The van der Waals surface area contributed by atoms with Crippen molar-refractivity contribution in [2.75, 3.05) is 7.05 Å². The number of aromatic nitrogens is 1. The molecule has 1 unspecified atom stereocenters. The number of thiazole rings is 1. The Balaban J connectivity index is 2.39. The lowest BCUT2D eigenvalue weighted by atomic mass is 10.0. The molecule has 0 saturated heterocycles. The van der Waals surface area contributed by atoms with Crippen LogP contribution in [0.4, 0.5) is 13.2 Å². The third-order valence-electron chi connectivity index (χ3n) is 2.67. The van der Waals surface area contributed by atoms with E-state index in [2.05, 4.69) is 15.0 Å². The first-order chi connectivity index (χ1) is 9.40. The fourth-order valence-corrected chi connectivity index (χ4v) is 2.81. The third-order valence-corrected chi connectivity index (χ3v) is 3.65. The molecule has 0 saturated carbocycles. The Kier molecular flexibility index (Phi) is 4.29. The summed E-state index contributed by atoms with van der Waals surface area (Å²) in [4.78, 5) is 4.97. The second-order valence-electron chi connectivity index (χ2n) is 4.09. The summed E-state index contributed by atoms with van der Waals surface area (Å²) in [5.41, 5.74) is 0.427. The number of para-hydroxylation sites is 1. The van der Waals surface area contributed by atoms with Gasteiger partial charge in [0.1, 0.15) is 5.75 Å². The fourth-order valence-electron chi connectivity index (χ4n) is 1.90. The molecule has 1 aromatic carbocycles. The van der Waals surface area contributed by atoms with Gasteiger partial charge >= 0.3 is 6.36 Å². The van der Waals surface area contributed by atoms with Crippen molar-refractivity contribution in [1.82, 2.24) is 10.3 Å². The normalized spacial score (nSPS) is 13.2. The van der Waals surface area contributed by atoms with Gasteiger partial charge in [-0.2, -0.15) is 0 Å². The highest BCUT2D eigenvalue weighted by Crippen LogP contribution is 2.34. The molecule has 0 aliphatic rings. The van der Waals surface area contributed by atoms with E-state index in [1.165, 1.54) is 23.5 Å². The van der Waals surface area contributed by atoms with Crippen molar-refractivity contribution < 1.29 is 17.9 Å². The van der Waals surface area contributed by atoms with Gasteiger partial charge in [-0.25, -0.2) is 4.98 Å². The molecule has 1 N–H and O–H groups in total. The van der Waals surface area contributed by atoms with Crippen LogP contribution < -0.4 is 10.1 Å². The van der Waals surface area contributed by atoms with Gasteiger partial charge < -0.3 is 10.1 Å². The van der Waals surface area contributed by atoms with Crippen molar-refractivity contribution in [3.8, 4) is 5.75 Å². The Labute approximate surface area is 118 Å². The molecule has 7 heteroatoms. The zero-order valence-electron chi connectivity index (χ0n) is 10.9. The Morgan fingerprint density at radius 3 is 2.55 bits per heavy atom. The Hall–Kier alpha value is -1.60. The van der Waals surface area contributed by atoms with E-state index in [0.717, 1.165) is 9.88 Å². The lowest BCUT2D eigenvalue weighted by Crippen LogP contribution is -2.22. The van der Waals surface area contributed by atoms with E-state index in [-0.39, 0.29) is 11.8 Å². The lowest BCUT2D eigenvalue weighted by molar-refractivity contribution is -0.275. The molecular formula is C13H13F3N2OS. The number of nitrogens with zero attached hydrogens (tertiary/aromatic N) is 1. The van der Waals surface area contributed by atoms with Crippen LogP contribution in [0, 0.1) is 6.92 Å². The van der Waals surface area contributed by atoms with Crippen molar-refractivity contribution in [2.45, 2.75) is 19.3 Å². The predicted octanol–water partition coefficient (Wildman–Crippen LogP) is 3.66. The summed E-state index contributed by atoms with van der Waals surface area (Å²) in [7, 11) is 1.68. The molecule has 0 aliphatic heterocycles. The van der Waals surface area contributed by atoms with E-state index < -0.39 is 6.36 Å². The molecule has 2 rings (SSSR count). The van der Waals surface area contributed by atoms with E-state index >= 15 is 0 Å². The molecule has 0 fully saturated rings. The van der Waals surface area contributed by atoms with E-state index in [1.807, 2.05) is 6.92 Å². The predicted molar refractivity (Wildman–Crippen MR) is 70.9 cm³/mol. The molecule has 0 bridgehead atoms. The van der Waals surface area contributed by atoms with Crippen LogP contribution in [0.15, 0.2) is 30.5 Å². The summed E-state index contributed by atoms with van der Waals surface area (Å²) >= 11 is 1.43. The monoisotopic (exact) mass is 302 g/mol. The molecule has 108 valence electrons. The van der Waals surface area contributed by atoms with Crippen LogP contribution in [0.25, 0.3) is 0 Å². The maximum Gasteiger partial charge on any atom is 0.573 e. The van der Waals surface area contributed by atoms with E-state index in [1.54, 1.807) is 25.4 Å². The number of rotatable bonds is 4. The largest absolute Gasteiger partial charge is 0.573 e. The van der Waals surface area contributed by atoms with Gasteiger partial charge in [0, 0.05) is 16.6 Å². The maximum absolute atomic E-state index is 12.4. The average Bonchev–Trinajstić information content (AvgIpc) is 2.77. The van der Waals surface area contributed by atoms with Gasteiger partial charge in [-0.05, 0) is 20.0 Å². The van der Waals surface area contributed by atoms with Gasteiger partial charge in [0.15, 0.2) is 0 Å². The van der Waals surface area contributed by atoms with Crippen LogP contribution in [0.5, 0.6) is 5.75 Å². The number of halogens is 3. The smallest absolute Gasteiger partial charge is 0.405 e. The van der Waals surface area contributed by atoms with Crippen LogP contribution in [0.2, 0.25) is 0 Å². The Morgan fingerprint density at radius 1 is 1.30 bits per heavy atom. The van der Waals surface area contributed by atoms with Crippen LogP contribution in [0.1, 0.15) is 21.5 Å². The summed E-state index contributed by atoms with van der Waals surface area (Å²) in [6.07, 6.45) is -3.05. The van der Waals surface area contributed by atoms with E-state index in [0.29, 0.717) is 5.56 Å². The van der Waals surface area contributed by atoms with Gasteiger partial charge in [-0.3, -0.25) is 0 Å². The summed E-state index contributed by atoms with van der Waals surface area (Å²) in [5, 5.41) is 3.85. The molecular weight excluding hydrogens is 289 g/mol. The molecule has 2 aromatic rings. The van der Waals surface area contributed by atoms with Crippen molar-refractivity contribution in [3.63, 3.8) is 0 Å². The molecule has 1 aromatic heterocycles. The number of aryl methyl sites for hydroxylation is 1. The molecule has 0 radical (unpaired) electrons. The lowest BCUT2D eigenvalue weighted by Gasteiger charge is -2.19. The average molecular weight is 302 g/mol. The quantitative estimate of drug-likeness (QED) is 0.936. The van der Waals surface area contributed by atoms with Crippen molar-refractivity contribution >= 4 is 11.3 Å². The summed E-state index contributed by atoms with van der Waals surface area (Å²) in [6, 6.07) is 5.71. The highest BCUT2D eigenvalue weighted by molar-refractivity contribution is 7.11. The van der Waals surface area contributed by atoms with Gasteiger partial charge in [-0.15, -0.1) is 24.5 Å². The minimum atomic E-state index is -4.71. The fraction of sp³-hybridized carbons (Fsp3) is 0.308. The Bertz CT molecular complexity index is 583. The highest BCUT2D eigenvalue weighted by Gasteiger charge is 2.33. The van der Waals surface area contributed by atoms with Gasteiger partial charge in [-0.1, -0.05) is 18.2 Å². The van der Waals surface area contributed by atoms with Crippen LogP contribution in [-0.2, 0) is 0 Å². The standard InChI is InChI=1S/C13H13F3N2OS/c1-8-18-7-11(20-8)12(17-2)9-5-3-4-6-10(9)19-13(14,15)16/h3-7,12,17H,1-2H3. The van der Waals surface area contributed by atoms with Gasteiger partial charge in [0.05, 0.1) is 11.0 Å². The third kappa shape index (κ3) is 3.49. The van der Waals surface area contributed by atoms with Crippen molar-refractivity contribution in [3.05, 3.63) is 45.9 Å². The minimum absolute atomic E-state index is 0.203. The topological polar surface area (TPSA) is 34.2 Å². The summed E-state index contributed by atoms with van der Waals surface area (Å²) in [6.45, 7) is 1.85. The second kappa shape index (κ2) is 5.80. The molecule has 1 heterocycles. The summed E-state index contributed by atoms with van der Waals surface area (Å²) < 4.78 is 41.4. The summed E-state index contributed by atoms with van der Waals surface area (Å²) in [5.74, 6) is -0.203. The molecule has 0 spiro atoms. The minimum Gasteiger partial charge on any atom is -0.405 e. The molecule has 0 amide bonds. The number of benzene rings is 1. The van der Waals surface area contributed by atoms with Crippen LogP contribution in [-0.4, -0.2) is 18.4 Å². The zero-order chi connectivity index (χ0) is 14.8. The first-order valence-electron chi connectivity index (χ1n) is 5.85. The first kappa shape index (κ1) is 14.8.